The van der Waals surface area contributed by atoms with Crippen LogP contribution in [0.15, 0.2) is 24.3 Å². The van der Waals surface area contributed by atoms with Crippen molar-refractivity contribution in [2.45, 2.75) is 38.7 Å². The summed E-state index contributed by atoms with van der Waals surface area (Å²) in [5.74, 6) is 0.175. The molecule has 1 spiro atoms. The number of carbonyl (C=O) groups excluding carboxylic acids is 1. The molecule has 20 heavy (non-hydrogen) atoms. The van der Waals surface area contributed by atoms with Gasteiger partial charge in [-0.05, 0) is 24.5 Å². The highest BCUT2D eigenvalue weighted by atomic mass is 16.5. The van der Waals surface area contributed by atoms with Crippen molar-refractivity contribution in [1.82, 2.24) is 4.90 Å². The van der Waals surface area contributed by atoms with Crippen LogP contribution in [0.25, 0.3) is 0 Å². The first-order valence-electron chi connectivity index (χ1n) is 7.60. The molecule has 1 aliphatic heterocycles. The lowest BCUT2D eigenvalue weighted by atomic mass is 9.68. The SMILES string of the molecule is COCc1ccccc1C(=O)N1CC2(CCCCC2)C1. The van der Waals surface area contributed by atoms with Crippen molar-refractivity contribution in [3.05, 3.63) is 35.4 Å². The van der Waals surface area contributed by atoms with Crippen molar-refractivity contribution in [2.75, 3.05) is 20.2 Å². The molecule has 0 aromatic heterocycles. The Morgan fingerprint density at radius 3 is 2.60 bits per heavy atom. The Balaban J connectivity index is 1.69. The number of hydrogen-bond donors (Lipinski definition) is 0. The minimum Gasteiger partial charge on any atom is -0.380 e. The Bertz CT molecular complexity index is 484. The normalized spacial score (nSPS) is 20.8. The summed E-state index contributed by atoms with van der Waals surface area (Å²) in [7, 11) is 1.67. The summed E-state index contributed by atoms with van der Waals surface area (Å²) >= 11 is 0. The number of hydrogen-bond acceptors (Lipinski definition) is 2. The van der Waals surface area contributed by atoms with Crippen LogP contribution < -0.4 is 0 Å². The molecule has 0 atom stereocenters. The molecule has 108 valence electrons. The third kappa shape index (κ3) is 2.47. The summed E-state index contributed by atoms with van der Waals surface area (Å²) < 4.78 is 5.19. The van der Waals surface area contributed by atoms with Gasteiger partial charge >= 0.3 is 0 Å². The maximum absolute atomic E-state index is 12.6. The fourth-order valence-corrected chi connectivity index (χ4v) is 3.71. The minimum atomic E-state index is 0.175. The Hall–Kier alpha value is -1.35. The maximum Gasteiger partial charge on any atom is 0.254 e. The third-order valence-electron chi connectivity index (χ3n) is 4.80. The highest BCUT2D eigenvalue weighted by Gasteiger charge is 2.45. The first kappa shape index (κ1) is 13.6. The van der Waals surface area contributed by atoms with E-state index < -0.39 is 0 Å². The quantitative estimate of drug-likeness (QED) is 0.846. The second-order valence-electron chi connectivity index (χ2n) is 6.31. The van der Waals surface area contributed by atoms with Crippen LogP contribution in [0.4, 0.5) is 0 Å². The molecule has 0 unspecified atom stereocenters. The molecule has 1 aromatic rings. The van der Waals surface area contributed by atoms with Crippen molar-refractivity contribution in [3.63, 3.8) is 0 Å². The van der Waals surface area contributed by atoms with Crippen LogP contribution >= 0.6 is 0 Å². The zero-order chi connectivity index (χ0) is 14.0. The van der Waals surface area contributed by atoms with Crippen molar-refractivity contribution < 1.29 is 9.53 Å². The summed E-state index contributed by atoms with van der Waals surface area (Å²) in [4.78, 5) is 14.6. The molecule has 2 fully saturated rings. The second-order valence-corrected chi connectivity index (χ2v) is 6.31. The fraction of sp³-hybridized carbons (Fsp3) is 0.588. The van der Waals surface area contributed by atoms with Crippen LogP contribution in [0.2, 0.25) is 0 Å². The molecule has 0 radical (unpaired) electrons. The lowest BCUT2D eigenvalue weighted by Gasteiger charge is -2.52. The zero-order valence-corrected chi connectivity index (χ0v) is 12.2. The predicted octanol–water partition coefficient (Wildman–Crippen LogP) is 3.24. The summed E-state index contributed by atoms with van der Waals surface area (Å²) in [5.41, 5.74) is 2.24. The zero-order valence-electron chi connectivity index (χ0n) is 12.2. The van der Waals surface area contributed by atoms with E-state index in [0.29, 0.717) is 12.0 Å². The standard InChI is InChI=1S/C17H23NO2/c1-20-11-14-7-3-4-8-15(14)16(19)18-12-17(13-18)9-5-2-6-10-17/h3-4,7-8H,2,5-6,9-13H2,1H3. The number of benzene rings is 1. The van der Waals surface area contributed by atoms with E-state index in [1.165, 1.54) is 32.1 Å². The van der Waals surface area contributed by atoms with Gasteiger partial charge in [-0.1, -0.05) is 37.5 Å². The van der Waals surface area contributed by atoms with Gasteiger partial charge in [-0.15, -0.1) is 0 Å². The summed E-state index contributed by atoms with van der Waals surface area (Å²) in [6.07, 6.45) is 6.64. The number of carbonyl (C=O) groups is 1. The number of likely N-dealkylation sites (tertiary alicyclic amines) is 1. The first-order chi connectivity index (χ1) is 9.74. The van der Waals surface area contributed by atoms with E-state index in [1.54, 1.807) is 7.11 Å². The first-order valence-corrected chi connectivity index (χ1v) is 7.60. The molecule has 1 aromatic carbocycles. The van der Waals surface area contributed by atoms with Crippen LogP contribution in [0.5, 0.6) is 0 Å². The van der Waals surface area contributed by atoms with E-state index in [4.69, 9.17) is 4.74 Å². The Morgan fingerprint density at radius 1 is 1.20 bits per heavy atom. The van der Waals surface area contributed by atoms with Gasteiger partial charge in [0.25, 0.3) is 5.91 Å². The monoisotopic (exact) mass is 273 g/mol. The summed E-state index contributed by atoms with van der Waals surface area (Å²) in [6.45, 7) is 2.40. The fourth-order valence-electron chi connectivity index (χ4n) is 3.71. The van der Waals surface area contributed by atoms with E-state index >= 15 is 0 Å². The molecule has 1 heterocycles. The molecular weight excluding hydrogens is 250 g/mol. The van der Waals surface area contributed by atoms with Gasteiger partial charge in [-0.3, -0.25) is 4.79 Å². The van der Waals surface area contributed by atoms with Crippen molar-refractivity contribution in [3.8, 4) is 0 Å². The highest BCUT2D eigenvalue weighted by molar-refractivity contribution is 5.96. The van der Waals surface area contributed by atoms with Gasteiger partial charge in [-0.25, -0.2) is 0 Å². The molecule has 0 bridgehead atoms. The summed E-state index contributed by atoms with van der Waals surface area (Å²) in [5, 5.41) is 0. The number of amides is 1. The lowest BCUT2D eigenvalue weighted by molar-refractivity contribution is -0.0156. The van der Waals surface area contributed by atoms with Crippen LogP contribution in [0, 0.1) is 5.41 Å². The van der Waals surface area contributed by atoms with Gasteiger partial charge in [0.15, 0.2) is 0 Å². The molecule has 0 N–H and O–H groups in total. The number of rotatable bonds is 3. The number of ether oxygens (including phenoxy) is 1. The van der Waals surface area contributed by atoms with Gasteiger partial charge in [0.2, 0.25) is 0 Å². The lowest BCUT2D eigenvalue weighted by Crippen LogP contribution is -2.59. The van der Waals surface area contributed by atoms with E-state index in [2.05, 4.69) is 0 Å². The van der Waals surface area contributed by atoms with Gasteiger partial charge in [-0.2, -0.15) is 0 Å². The van der Waals surface area contributed by atoms with Gasteiger partial charge in [0.1, 0.15) is 0 Å². The molecule has 1 saturated carbocycles. The smallest absolute Gasteiger partial charge is 0.254 e. The van der Waals surface area contributed by atoms with Gasteiger partial charge in [0.05, 0.1) is 6.61 Å². The van der Waals surface area contributed by atoms with Gasteiger partial charge in [0, 0.05) is 31.2 Å². The number of nitrogens with zero attached hydrogens (tertiary/aromatic N) is 1. The van der Waals surface area contributed by atoms with E-state index in [1.807, 2.05) is 29.2 Å². The second kappa shape index (κ2) is 5.57. The molecular formula is C17H23NO2. The van der Waals surface area contributed by atoms with Crippen molar-refractivity contribution in [2.24, 2.45) is 5.41 Å². The Labute approximate surface area is 120 Å². The topological polar surface area (TPSA) is 29.5 Å². The van der Waals surface area contributed by atoms with E-state index in [9.17, 15) is 4.79 Å². The van der Waals surface area contributed by atoms with Crippen LogP contribution in [-0.4, -0.2) is 31.0 Å². The van der Waals surface area contributed by atoms with Gasteiger partial charge < -0.3 is 9.64 Å². The van der Waals surface area contributed by atoms with Crippen LogP contribution in [0.1, 0.15) is 48.0 Å². The predicted molar refractivity (Wildman–Crippen MR) is 78.6 cm³/mol. The molecule has 3 rings (SSSR count). The molecule has 1 aliphatic carbocycles. The molecule has 1 amide bonds. The highest BCUT2D eigenvalue weighted by Crippen LogP contribution is 2.44. The average Bonchev–Trinajstić information content (AvgIpc) is 2.46. The molecule has 1 saturated heterocycles. The maximum atomic E-state index is 12.6. The Morgan fingerprint density at radius 2 is 1.90 bits per heavy atom. The summed E-state index contributed by atoms with van der Waals surface area (Å²) in [6, 6.07) is 7.79. The van der Waals surface area contributed by atoms with Crippen molar-refractivity contribution >= 4 is 5.91 Å². The molecule has 3 nitrogen and oxygen atoms in total. The van der Waals surface area contributed by atoms with E-state index in [0.717, 1.165) is 24.2 Å². The van der Waals surface area contributed by atoms with Crippen molar-refractivity contribution in [1.29, 1.82) is 0 Å². The molecule has 2 aliphatic rings. The third-order valence-corrected chi connectivity index (χ3v) is 4.80. The number of methoxy groups -OCH3 is 1. The van der Waals surface area contributed by atoms with E-state index in [-0.39, 0.29) is 5.91 Å². The minimum absolute atomic E-state index is 0.175. The van der Waals surface area contributed by atoms with Crippen LogP contribution in [-0.2, 0) is 11.3 Å². The Kier molecular flexibility index (Phi) is 3.79. The van der Waals surface area contributed by atoms with Crippen LogP contribution in [0.3, 0.4) is 0 Å². The average molecular weight is 273 g/mol. The largest absolute Gasteiger partial charge is 0.380 e. The molecule has 3 heteroatoms.